The Labute approximate surface area is 215 Å². The number of nitrogens with zero attached hydrogens (tertiary/aromatic N) is 4. The Balaban J connectivity index is 1.52. The largest absolute Gasteiger partial charge is 0.492 e. The molecule has 0 unspecified atom stereocenters. The molecule has 3 aliphatic rings. The first kappa shape index (κ1) is 25.3. The van der Waals surface area contributed by atoms with E-state index in [-0.39, 0.29) is 23.6 Å². The van der Waals surface area contributed by atoms with Crippen molar-refractivity contribution in [2.75, 3.05) is 26.3 Å². The van der Waals surface area contributed by atoms with Crippen LogP contribution in [0.3, 0.4) is 0 Å². The number of aromatic hydroxyl groups is 1. The minimum atomic E-state index is -0.579. The minimum Gasteiger partial charge on any atom is -0.492 e. The van der Waals surface area contributed by atoms with Gasteiger partial charge in [-0.15, -0.1) is 0 Å². The van der Waals surface area contributed by atoms with Crippen LogP contribution >= 0.6 is 0 Å². The molecule has 200 valence electrons. The van der Waals surface area contributed by atoms with E-state index < -0.39 is 22.9 Å². The first-order chi connectivity index (χ1) is 17.6. The Morgan fingerprint density at radius 1 is 1.22 bits per heavy atom. The Bertz CT molecular complexity index is 1290. The van der Waals surface area contributed by atoms with Crippen LogP contribution < -0.4 is 10.9 Å². The molecule has 2 aromatic heterocycles. The highest BCUT2D eigenvalue weighted by Crippen LogP contribution is 2.30. The van der Waals surface area contributed by atoms with Crippen LogP contribution in [0.15, 0.2) is 17.1 Å². The lowest BCUT2D eigenvalue weighted by Gasteiger charge is -2.29. The molecular formula is C26H35N5O6. The zero-order chi connectivity index (χ0) is 26.3. The molecular weight excluding hydrogens is 478 g/mol. The molecule has 2 aromatic rings. The SMILES string of the molecule is CC(C)(C)OC(=O)N1CC=C(c2cnn3c(O)c(C(=O)NC4CC4)c(=O)n(CC4CCOCC4)c23)CC1. The second-order valence-electron chi connectivity index (χ2n) is 11.1. The molecule has 0 aromatic carbocycles. The monoisotopic (exact) mass is 513 g/mol. The third kappa shape index (κ3) is 5.36. The number of nitrogens with one attached hydrogen (secondary N) is 1. The highest BCUT2D eigenvalue weighted by atomic mass is 16.6. The van der Waals surface area contributed by atoms with Crippen molar-refractivity contribution in [1.29, 1.82) is 0 Å². The van der Waals surface area contributed by atoms with Crippen LogP contribution in [0.5, 0.6) is 5.88 Å². The summed E-state index contributed by atoms with van der Waals surface area (Å²) in [6, 6.07) is 0.0411. The summed E-state index contributed by atoms with van der Waals surface area (Å²) < 4.78 is 13.9. The second-order valence-corrected chi connectivity index (χ2v) is 11.1. The number of aromatic nitrogens is 3. The fourth-order valence-electron chi connectivity index (χ4n) is 4.86. The van der Waals surface area contributed by atoms with E-state index in [1.54, 1.807) is 15.7 Å². The summed E-state index contributed by atoms with van der Waals surface area (Å²) in [5.41, 5.74) is 0.694. The minimum absolute atomic E-state index is 0.0411. The molecule has 1 saturated carbocycles. The molecule has 1 saturated heterocycles. The van der Waals surface area contributed by atoms with E-state index in [1.165, 1.54) is 4.52 Å². The van der Waals surface area contributed by atoms with Crippen molar-refractivity contribution in [2.24, 2.45) is 5.92 Å². The van der Waals surface area contributed by atoms with Crippen LogP contribution in [-0.2, 0) is 16.0 Å². The van der Waals surface area contributed by atoms with Gasteiger partial charge in [0.1, 0.15) is 11.2 Å². The molecule has 1 aliphatic carbocycles. The summed E-state index contributed by atoms with van der Waals surface area (Å²) >= 11 is 0. The van der Waals surface area contributed by atoms with Crippen molar-refractivity contribution in [3.63, 3.8) is 0 Å². The lowest BCUT2D eigenvalue weighted by Crippen LogP contribution is -2.39. The maximum atomic E-state index is 13.7. The van der Waals surface area contributed by atoms with E-state index in [0.717, 1.165) is 31.3 Å². The molecule has 5 rings (SSSR count). The Morgan fingerprint density at radius 2 is 1.95 bits per heavy atom. The molecule has 4 heterocycles. The predicted octanol–water partition coefficient (Wildman–Crippen LogP) is 2.54. The van der Waals surface area contributed by atoms with Gasteiger partial charge in [0, 0.05) is 44.5 Å². The smallest absolute Gasteiger partial charge is 0.410 e. The number of hydrogen-bond donors (Lipinski definition) is 2. The summed E-state index contributed by atoms with van der Waals surface area (Å²) in [5, 5.41) is 18.2. The zero-order valence-corrected chi connectivity index (χ0v) is 21.7. The summed E-state index contributed by atoms with van der Waals surface area (Å²) in [6.45, 7) is 7.96. The van der Waals surface area contributed by atoms with Crippen molar-refractivity contribution >= 4 is 23.2 Å². The zero-order valence-electron chi connectivity index (χ0n) is 21.7. The van der Waals surface area contributed by atoms with Crippen molar-refractivity contribution in [2.45, 2.75) is 71.1 Å². The van der Waals surface area contributed by atoms with Gasteiger partial charge in [-0.25, -0.2) is 4.79 Å². The van der Waals surface area contributed by atoms with E-state index in [1.807, 2.05) is 26.8 Å². The molecule has 0 spiro atoms. The van der Waals surface area contributed by atoms with Crippen LogP contribution in [0.4, 0.5) is 4.79 Å². The Hall–Kier alpha value is -3.34. The number of carbonyl (C=O) groups excluding carboxylic acids is 2. The van der Waals surface area contributed by atoms with Gasteiger partial charge >= 0.3 is 6.09 Å². The van der Waals surface area contributed by atoms with Crippen LogP contribution in [-0.4, -0.2) is 74.1 Å². The van der Waals surface area contributed by atoms with Crippen molar-refractivity contribution in [1.82, 2.24) is 24.4 Å². The Kier molecular flexibility index (Phi) is 6.74. The summed E-state index contributed by atoms with van der Waals surface area (Å²) in [6.07, 6.45) is 7.06. The second kappa shape index (κ2) is 9.85. The lowest BCUT2D eigenvalue weighted by molar-refractivity contribution is 0.0270. The first-order valence-corrected chi connectivity index (χ1v) is 13.0. The van der Waals surface area contributed by atoms with Gasteiger partial charge in [-0.3, -0.25) is 14.2 Å². The molecule has 2 amide bonds. The van der Waals surface area contributed by atoms with Gasteiger partial charge in [-0.05, 0) is 64.4 Å². The normalized spacial score (nSPS) is 19.1. The number of hydrogen-bond acceptors (Lipinski definition) is 7. The fraction of sp³-hybridized carbons (Fsp3) is 0.615. The van der Waals surface area contributed by atoms with Crippen molar-refractivity contribution < 1.29 is 24.2 Å². The van der Waals surface area contributed by atoms with Crippen LogP contribution in [0.1, 0.15) is 68.8 Å². The third-order valence-corrected chi connectivity index (χ3v) is 7.01. The average Bonchev–Trinajstić information content (AvgIpc) is 3.55. The molecule has 2 aliphatic heterocycles. The van der Waals surface area contributed by atoms with Gasteiger partial charge in [0.05, 0.1) is 6.20 Å². The van der Waals surface area contributed by atoms with Crippen LogP contribution in [0.2, 0.25) is 0 Å². The fourth-order valence-corrected chi connectivity index (χ4v) is 4.86. The number of carbonyl (C=O) groups is 2. The van der Waals surface area contributed by atoms with Gasteiger partial charge in [0.2, 0.25) is 5.88 Å². The number of ether oxygens (including phenoxy) is 2. The van der Waals surface area contributed by atoms with Crippen molar-refractivity contribution in [3.05, 3.63) is 33.8 Å². The summed E-state index contributed by atoms with van der Waals surface area (Å²) in [7, 11) is 0. The lowest BCUT2D eigenvalue weighted by atomic mass is 9.99. The molecule has 0 radical (unpaired) electrons. The molecule has 0 bridgehead atoms. The Morgan fingerprint density at radius 3 is 2.57 bits per heavy atom. The van der Waals surface area contributed by atoms with Gasteiger partial charge in [0.15, 0.2) is 5.56 Å². The van der Waals surface area contributed by atoms with E-state index in [0.29, 0.717) is 50.5 Å². The molecule has 2 N–H and O–H groups in total. The number of fused-ring (bicyclic) bond motifs is 1. The molecule has 11 nitrogen and oxygen atoms in total. The maximum Gasteiger partial charge on any atom is 0.410 e. The third-order valence-electron chi connectivity index (χ3n) is 7.01. The van der Waals surface area contributed by atoms with E-state index in [9.17, 15) is 19.5 Å². The van der Waals surface area contributed by atoms with Crippen molar-refractivity contribution in [3.8, 4) is 5.88 Å². The van der Waals surface area contributed by atoms with E-state index in [4.69, 9.17) is 9.47 Å². The molecule has 2 fully saturated rings. The predicted molar refractivity (Wildman–Crippen MR) is 136 cm³/mol. The number of rotatable bonds is 5. The summed E-state index contributed by atoms with van der Waals surface area (Å²) in [4.78, 5) is 40.8. The summed E-state index contributed by atoms with van der Waals surface area (Å²) in [5.74, 6) is -0.834. The maximum absolute atomic E-state index is 13.7. The topological polar surface area (TPSA) is 127 Å². The molecule has 37 heavy (non-hydrogen) atoms. The van der Waals surface area contributed by atoms with Gasteiger partial charge in [0.25, 0.3) is 11.5 Å². The number of amides is 2. The van der Waals surface area contributed by atoms with Gasteiger partial charge < -0.3 is 24.8 Å². The first-order valence-electron chi connectivity index (χ1n) is 13.0. The highest BCUT2D eigenvalue weighted by molar-refractivity contribution is 5.97. The van der Waals surface area contributed by atoms with E-state index >= 15 is 0 Å². The van der Waals surface area contributed by atoms with Crippen LogP contribution in [0.25, 0.3) is 11.2 Å². The molecule has 0 atom stereocenters. The molecule has 11 heteroatoms. The van der Waals surface area contributed by atoms with Gasteiger partial charge in [-0.2, -0.15) is 9.61 Å². The van der Waals surface area contributed by atoms with E-state index in [2.05, 4.69) is 10.4 Å². The van der Waals surface area contributed by atoms with Gasteiger partial charge in [-0.1, -0.05) is 6.08 Å². The standard InChI is InChI=1S/C26H35N5O6/c1-26(2,3)37-25(35)29-10-6-17(7-11-29)19-14-27-31-22(19)30(15-16-8-12-36-13-9-16)23(33)20(24(31)34)21(32)28-18-4-5-18/h6,14,16,18,34H,4-5,7-13,15H2,1-3H3,(H,28,32). The van der Waals surface area contributed by atoms with Crippen LogP contribution in [0, 0.1) is 5.92 Å². The quantitative estimate of drug-likeness (QED) is 0.629. The highest BCUT2D eigenvalue weighted by Gasteiger charge is 2.32. The average molecular weight is 514 g/mol.